The average molecular weight is 775 g/mol. The number of phenolic OH excluding ortho intramolecular Hbond substituents is 1. The van der Waals surface area contributed by atoms with Gasteiger partial charge in [0.25, 0.3) is 0 Å². The second kappa shape index (κ2) is 15.0. The first kappa shape index (κ1) is 28.4. The van der Waals surface area contributed by atoms with E-state index in [0.717, 1.165) is 72.4 Å². The van der Waals surface area contributed by atoms with Gasteiger partial charge < -0.3 is 5.11 Å². The molecule has 2 heterocycles. The fourth-order valence-electron chi connectivity index (χ4n) is 8.00. The number of aromatic hydroxyl groups is 1. The van der Waals surface area contributed by atoms with Gasteiger partial charge in [0.05, 0.1) is 22.3 Å². The number of rotatable bonds is 7. The van der Waals surface area contributed by atoms with Crippen LogP contribution in [0.1, 0.15) is 55.1 Å². The molecule has 0 saturated carbocycles. The maximum absolute atomic E-state index is 11.7. The van der Waals surface area contributed by atoms with Gasteiger partial charge in [-0.15, -0.1) is 0 Å². The molecule has 0 aliphatic heterocycles. The highest BCUT2D eigenvalue weighted by Crippen LogP contribution is 2.42. The Hall–Kier alpha value is -7.04. The first-order valence-electron chi connectivity index (χ1n) is 24.0. The minimum absolute atomic E-state index is 0.157. The second-order valence-electron chi connectivity index (χ2n) is 15.3. The van der Waals surface area contributed by atoms with Crippen LogP contribution in [0.5, 0.6) is 5.75 Å². The fraction of sp³-hybridized carbons (Fsp3) is 0.127. The highest BCUT2D eigenvalue weighted by atomic mass is 16.3. The molecule has 7 aromatic carbocycles. The van der Waals surface area contributed by atoms with E-state index in [-0.39, 0.29) is 11.3 Å². The summed E-state index contributed by atoms with van der Waals surface area (Å²) >= 11 is 0. The lowest BCUT2D eigenvalue weighted by Gasteiger charge is -2.19. The summed E-state index contributed by atoms with van der Waals surface area (Å²) in [5.41, 5.74) is 10.9. The molecule has 59 heavy (non-hydrogen) atoms. The highest BCUT2D eigenvalue weighted by molar-refractivity contribution is 5.98. The largest absolute Gasteiger partial charge is 0.507 e. The van der Waals surface area contributed by atoms with Crippen LogP contribution in [0, 0.1) is 20.8 Å². The van der Waals surface area contributed by atoms with Gasteiger partial charge in [0.15, 0.2) is 0 Å². The second-order valence-corrected chi connectivity index (χ2v) is 15.3. The van der Waals surface area contributed by atoms with Gasteiger partial charge in [0.1, 0.15) is 11.6 Å². The van der Waals surface area contributed by atoms with E-state index in [1.165, 1.54) is 12.1 Å². The van der Waals surface area contributed by atoms with Gasteiger partial charge in [-0.3, -0.25) is 9.55 Å². The zero-order valence-electron chi connectivity index (χ0n) is 42.0. The summed E-state index contributed by atoms with van der Waals surface area (Å²) in [5.74, 6) is 0.750. The number of fused-ring (bicyclic) bond motifs is 1. The number of aromatic nitrogens is 3. The molecule has 0 saturated heterocycles. The lowest BCUT2D eigenvalue weighted by molar-refractivity contribution is 0.472. The standard InChI is InChI=1S/C55H47N3O/c1-35-26-37(3)53(59)49(29-35)54-57-52-48(18-13-19-51(52)58(54)47-28-36(2)27-42(33-47)38-14-9-7-10-15-38)44-30-43(39-16-11-8-12-17-39)31-45(32-44)50-34-41(24-25-56-50)40-20-22-46(23-21-40)55(4,5)6/h7-34,59H,1-6H3/i4D3,5D3,6D3. The van der Waals surface area contributed by atoms with Crippen molar-refractivity contribution in [3.05, 3.63) is 192 Å². The molecule has 0 radical (unpaired) electrons. The molecule has 288 valence electrons. The SMILES string of the molecule is [2H]C([2H])([2H])C(c1ccc(-c2ccnc(-c3cc(-c4ccccc4)cc(-c4cccc5c4nc(-c4cc(C)cc(C)c4O)n5-c4cc(C)cc(-c5ccccc5)c4)c3)c2)cc1)(C([2H])([2H])[2H])C([2H])([2H])[2H]. The van der Waals surface area contributed by atoms with Gasteiger partial charge in [-0.2, -0.15) is 0 Å². The van der Waals surface area contributed by atoms with Crippen molar-refractivity contribution in [3.8, 4) is 78.6 Å². The van der Waals surface area contributed by atoms with Crippen LogP contribution in [0.4, 0.5) is 0 Å². The number of phenols is 1. The number of hydrogen-bond acceptors (Lipinski definition) is 3. The summed E-state index contributed by atoms with van der Waals surface area (Å²) in [7, 11) is 0. The lowest BCUT2D eigenvalue weighted by atomic mass is 9.86. The maximum Gasteiger partial charge on any atom is 0.149 e. The van der Waals surface area contributed by atoms with Crippen molar-refractivity contribution in [2.45, 2.75) is 46.7 Å². The average Bonchev–Trinajstić information content (AvgIpc) is 3.69. The zero-order valence-corrected chi connectivity index (χ0v) is 33.0. The van der Waals surface area contributed by atoms with E-state index >= 15 is 0 Å². The minimum atomic E-state index is -3.37. The summed E-state index contributed by atoms with van der Waals surface area (Å²) < 4.78 is 75.7. The minimum Gasteiger partial charge on any atom is -0.507 e. The zero-order chi connectivity index (χ0) is 48.3. The quantitative estimate of drug-likeness (QED) is 0.175. The van der Waals surface area contributed by atoms with E-state index in [0.29, 0.717) is 28.2 Å². The Morgan fingerprint density at radius 2 is 1.17 bits per heavy atom. The Morgan fingerprint density at radius 3 is 1.88 bits per heavy atom. The molecule has 4 heteroatoms. The highest BCUT2D eigenvalue weighted by Gasteiger charge is 2.22. The van der Waals surface area contributed by atoms with E-state index in [4.69, 9.17) is 22.3 Å². The van der Waals surface area contributed by atoms with Crippen molar-refractivity contribution < 1.29 is 17.4 Å². The third-order valence-electron chi connectivity index (χ3n) is 10.9. The maximum atomic E-state index is 11.7. The lowest BCUT2D eigenvalue weighted by Crippen LogP contribution is -2.10. The van der Waals surface area contributed by atoms with Crippen LogP contribution in [0.15, 0.2) is 170 Å². The van der Waals surface area contributed by atoms with Gasteiger partial charge in [0.2, 0.25) is 0 Å². The molecule has 1 N–H and O–H groups in total. The number of nitrogens with zero attached hydrogens (tertiary/aromatic N) is 3. The molecule has 0 unspecified atom stereocenters. The third-order valence-corrected chi connectivity index (χ3v) is 10.9. The molecule has 2 aromatic heterocycles. The number of pyridine rings is 1. The first-order valence-corrected chi connectivity index (χ1v) is 19.5. The summed E-state index contributed by atoms with van der Waals surface area (Å²) in [6.45, 7) is -4.12. The Bertz CT molecular complexity index is 3300. The topological polar surface area (TPSA) is 50.9 Å². The normalized spacial score (nSPS) is 14.5. The number of hydrogen-bond donors (Lipinski definition) is 1. The number of aryl methyl sites for hydroxylation is 3. The van der Waals surface area contributed by atoms with Crippen LogP contribution >= 0.6 is 0 Å². The van der Waals surface area contributed by atoms with Crippen molar-refractivity contribution in [2.24, 2.45) is 0 Å². The van der Waals surface area contributed by atoms with Gasteiger partial charge >= 0.3 is 0 Å². The number of imidazole rings is 1. The Balaban J connectivity index is 1.22. The molecule has 0 atom stereocenters. The molecular weight excluding hydrogens is 719 g/mol. The monoisotopic (exact) mass is 774 g/mol. The van der Waals surface area contributed by atoms with Crippen LogP contribution in [0.25, 0.3) is 83.9 Å². The predicted octanol–water partition coefficient (Wildman–Crippen LogP) is 14.4. The van der Waals surface area contributed by atoms with Crippen LogP contribution in [0.3, 0.4) is 0 Å². The molecular formula is C55H47N3O. The first-order chi connectivity index (χ1) is 32.2. The van der Waals surface area contributed by atoms with Crippen LogP contribution < -0.4 is 0 Å². The van der Waals surface area contributed by atoms with E-state index in [1.807, 2.05) is 92.7 Å². The van der Waals surface area contributed by atoms with Gasteiger partial charge in [0, 0.05) is 35.3 Å². The molecule has 0 spiro atoms. The molecule has 0 fully saturated rings. The van der Waals surface area contributed by atoms with E-state index < -0.39 is 26.0 Å². The van der Waals surface area contributed by atoms with Crippen LogP contribution in [0.2, 0.25) is 0 Å². The number of para-hydroxylation sites is 1. The molecule has 0 bridgehead atoms. The third kappa shape index (κ3) is 7.35. The van der Waals surface area contributed by atoms with E-state index in [9.17, 15) is 5.11 Å². The Labute approximate surface area is 359 Å². The Morgan fingerprint density at radius 1 is 0.525 bits per heavy atom. The van der Waals surface area contributed by atoms with Crippen molar-refractivity contribution in [2.75, 3.05) is 0 Å². The molecule has 0 amide bonds. The van der Waals surface area contributed by atoms with Crippen molar-refractivity contribution in [1.82, 2.24) is 14.5 Å². The molecule has 9 aromatic rings. The van der Waals surface area contributed by atoms with Crippen molar-refractivity contribution in [1.29, 1.82) is 0 Å². The van der Waals surface area contributed by atoms with Crippen LogP contribution in [-0.2, 0) is 5.41 Å². The summed E-state index contributed by atoms with van der Waals surface area (Å²) in [4.78, 5) is 10.2. The van der Waals surface area contributed by atoms with Gasteiger partial charge in [-0.1, -0.05) is 130 Å². The number of benzene rings is 7. The molecule has 4 nitrogen and oxygen atoms in total. The van der Waals surface area contributed by atoms with Gasteiger partial charge in [-0.05, 0) is 142 Å². The summed E-state index contributed by atoms with van der Waals surface area (Å²) in [5, 5.41) is 11.7. The smallest absolute Gasteiger partial charge is 0.149 e. The molecule has 9 rings (SSSR count). The van der Waals surface area contributed by atoms with E-state index in [1.54, 1.807) is 24.4 Å². The fourth-order valence-corrected chi connectivity index (χ4v) is 8.00. The molecule has 0 aliphatic rings. The predicted molar refractivity (Wildman–Crippen MR) is 246 cm³/mol. The molecule has 0 aliphatic carbocycles. The van der Waals surface area contributed by atoms with Crippen molar-refractivity contribution >= 4 is 11.0 Å². The Kier molecular flexibility index (Phi) is 7.23. The van der Waals surface area contributed by atoms with Crippen molar-refractivity contribution in [3.63, 3.8) is 0 Å². The summed E-state index contributed by atoms with van der Waals surface area (Å²) in [6, 6.07) is 52.4. The van der Waals surface area contributed by atoms with Gasteiger partial charge in [-0.25, -0.2) is 4.98 Å². The summed E-state index contributed by atoms with van der Waals surface area (Å²) in [6.07, 6.45) is 1.67. The van der Waals surface area contributed by atoms with E-state index in [2.05, 4.69) is 66.1 Å². The van der Waals surface area contributed by atoms with Crippen LogP contribution in [-0.4, -0.2) is 19.6 Å².